The Hall–Kier alpha value is -3.22. The van der Waals surface area contributed by atoms with E-state index in [1.165, 1.54) is 11.3 Å². The zero-order chi connectivity index (χ0) is 23.2. The molecule has 2 fully saturated rings. The van der Waals surface area contributed by atoms with E-state index in [1.807, 2.05) is 12.1 Å². The van der Waals surface area contributed by atoms with Crippen LogP contribution in [-0.2, 0) is 11.2 Å². The number of nitrogens with one attached hydrogen (secondary N) is 2. The zero-order valence-corrected chi connectivity index (χ0v) is 19.2. The smallest absolute Gasteiger partial charge is 0.321 e. The normalized spacial score (nSPS) is 25.3. The summed E-state index contributed by atoms with van der Waals surface area (Å²) in [6.45, 7) is 1.02. The maximum Gasteiger partial charge on any atom is 0.321 e. The molecule has 3 N–H and O–H groups in total. The lowest BCUT2D eigenvalue weighted by Crippen LogP contribution is -2.51. The van der Waals surface area contributed by atoms with Gasteiger partial charge >= 0.3 is 6.03 Å². The van der Waals surface area contributed by atoms with Gasteiger partial charge in [0.25, 0.3) is 6.01 Å². The topological polar surface area (TPSA) is 135 Å². The molecule has 5 heterocycles. The number of aliphatic hydroxyl groups excluding tert-OH is 1. The second-order valence-electron chi connectivity index (χ2n) is 8.64. The lowest BCUT2D eigenvalue weighted by molar-refractivity contribution is 0.0578. The molecule has 0 unspecified atom stereocenters. The molecule has 11 nitrogen and oxygen atoms in total. The van der Waals surface area contributed by atoms with Crippen LogP contribution >= 0.6 is 11.3 Å². The molecule has 1 saturated carbocycles. The highest BCUT2D eigenvalue weighted by Crippen LogP contribution is 2.43. The predicted molar refractivity (Wildman–Crippen MR) is 123 cm³/mol. The van der Waals surface area contributed by atoms with E-state index >= 15 is 0 Å². The minimum atomic E-state index is -0.321. The van der Waals surface area contributed by atoms with E-state index in [0.29, 0.717) is 61.0 Å². The van der Waals surface area contributed by atoms with Crippen molar-refractivity contribution in [3.05, 3.63) is 35.0 Å². The molecule has 2 atom stereocenters. The fraction of sp³-hybridized carbons (Fsp3) is 0.455. The van der Waals surface area contributed by atoms with Gasteiger partial charge in [0.15, 0.2) is 10.9 Å². The van der Waals surface area contributed by atoms with E-state index in [1.54, 1.807) is 19.4 Å². The summed E-state index contributed by atoms with van der Waals surface area (Å²) in [5.74, 6) is 1.06. The van der Waals surface area contributed by atoms with Crippen molar-refractivity contribution >= 4 is 28.5 Å². The Kier molecular flexibility index (Phi) is 5.35. The number of carbonyl (C=O) groups is 1. The van der Waals surface area contributed by atoms with Crippen LogP contribution in [0, 0.1) is 0 Å². The number of anilines is 2. The minimum absolute atomic E-state index is 0.00554. The molecule has 2 bridgehead atoms. The summed E-state index contributed by atoms with van der Waals surface area (Å²) < 4.78 is 17.2. The van der Waals surface area contributed by atoms with Gasteiger partial charge in [0.05, 0.1) is 55.3 Å². The molecule has 3 aliphatic rings. The van der Waals surface area contributed by atoms with Gasteiger partial charge in [-0.15, -0.1) is 0 Å². The molecule has 3 aromatic rings. The Morgan fingerprint density at radius 1 is 1.29 bits per heavy atom. The molecule has 178 valence electrons. The van der Waals surface area contributed by atoms with Crippen molar-refractivity contribution in [2.24, 2.45) is 0 Å². The van der Waals surface area contributed by atoms with Crippen LogP contribution in [0.2, 0.25) is 0 Å². The van der Waals surface area contributed by atoms with Crippen molar-refractivity contribution in [3.8, 4) is 17.3 Å². The summed E-state index contributed by atoms with van der Waals surface area (Å²) >= 11 is 1.44. The molecule has 0 spiro atoms. The zero-order valence-electron chi connectivity index (χ0n) is 18.4. The molecule has 6 rings (SSSR count). The van der Waals surface area contributed by atoms with Crippen molar-refractivity contribution in [2.45, 2.75) is 43.5 Å². The maximum atomic E-state index is 12.3. The number of urea groups is 1. The number of ether oxygens (including phenoxy) is 2. The minimum Gasteiger partial charge on any atom is -0.481 e. The quantitative estimate of drug-likeness (QED) is 0.499. The number of amides is 2. The Labute approximate surface area is 199 Å². The molecule has 1 aliphatic carbocycles. The molecule has 34 heavy (non-hydrogen) atoms. The number of oxazole rings is 1. The van der Waals surface area contributed by atoms with E-state index in [2.05, 4.69) is 30.5 Å². The highest BCUT2D eigenvalue weighted by Gasteiger charge is 2.43. The lowest BCUT2D eigenvalue weighted by atomic mass is 9.90. The van der Waals surface area contributed by atoms with Crippen molar-refractivity contribution in [2.75, 3.05) is 30.5 Å². The van der Waals surface area contributed by atoms with Gasteiger partial charge in [0.1, 0.15) is 5.69 Å². The second-order valence-corrected chi connectivity index (χ2v) is 9.67. The van der Waals surface area contributed by atoms with Crippen LogP contribution in [0.3, 0.4) is 0 Å². The van der Waals surface area contributed by atoms with E-state index in [9.17, 15) is 9.90 Å². The molecular weight excluding hydrogens is 460 g/mol. The van der Waals surface area contributed by atoms with Crippen molar-refractivity contribution in [1.82, 2.24) is 20.3 Å². The third kappa shape index (κ3) is 3.87. The second kappa shape index (κ2) is 8.53. The number of thiazole rings is 1. The van der Waals surface area contributed by atoms with E-state index < -0.39 is 0 Å². The number of hydrogen-bond donors (Lipinski definition) is 3. The third-order valence-electron chi connectivity index (χ3n) is 6.34. The number of pyridine rings is 1. The van der Waals surface area contributed by atoms with E-state index in [-0.39, 0.29) is 30.3 Å². The maximum absolute atomic E-state index is 12.3. The number of hydrogen-bond acceptors (Lipinski definition) is 10. The number of morpholine rings is 1. The van der Waals surface area contributed by atoms with Gasteiger partial charge in [0, 0.05) is 18.5 Å². The third-order valence-corrected chi connectivity index (χ3v) is 7.46. The number of nitrogens with zero attached hydrogens (tertiary/aromatic N) is 4. The van der Waals surface area contributed by atoms with Crippen LogP contribution < -0.4 is 20.3 Å². The first-order valence-corrected chi connectivity index (χ1v) is 12.0. The summed E-state index contributed by atoms with van der Waals surface area (Å²) in [7, 11) is 1.57. The first-order chi connectivity index (χ1) is 16.6. The highest BCUT2D eigenvalue weighted by atomic mass is 32.1. The lowest BCUT2D eigenvalue weighted by Gasteiger charge is -2.43. The van der Waals surface area contributed by atoms with Gasteiger partial charge in [-0.3, -0.25) is 5.32 Å². The van der Waals surface area contributed by atoms with Gasteiger partial charge in [-0.2, -0.15) is 0 Å². The average molecular weight is 485 g/mol. The summed E-state index contributed by atoms with van der Waals surface area (Å²) in [6.07, 6.45) is 3.18. The van der Waals surface area contributed by atoms with Crippen molar-refractivity contribution < 1.29 is 23.8 Å². The number of aliphatic hydroxyl groups is 1. The SMILES string of the molecule is COc1cccc(-c2cnc(N3[C@@H]4COC[C@H]3c3sc(NC(=O)NC5CC(O)C5)nc3C4)o2)n1. The average Bonchev–Trinajstić information content (AvgIpc) is 3.45. The van der Waals surface area contributed by atoms with E-state index in [0.717, 1.165) is 10.6 Å². The molecule has 2 amide bonds. The highest BCUT2D eigenvalue weighted by molar-refractivity contribution is 7.16. The van der Waals surface area contributed by atoms with Crippen LogP contribution in [0.1, 0.15) is 29.5 Å². The molecule has 12 heteroatoms. The Balaban J connectivity index is 1.22. The summed E-state index contributed by atoms with van der Waals surface area (Å²) in [6, 6.07) is 5.61. The molecule has 3 aromatic heterocycles. The van der Waals surface area contributed by atoms with Crippen LogP contribution in [0.5, 0.6) is 5.88 Å². The predicted octanol–water partition coefficient (Wildman–Crippen LogP) is 2.35. The van der Waals surface area contributed by atoms with Crippen molar-refractivity contribution in [1.29, 1.82) is 0 Å². The van der Waals surface area contributed by atoms with Crippen LogP contribution in [-0.4, -0.2) is 64.6 Å². The Bertz CT molecular complexity index is 1210. The molecule has 2 aliphatic heterocycles. The number of carbonyl (C=O) groups excluding carboxylic acids is 1. The number of aromatic nitrogens is 3. The van der Waals surface area contributed by atoms with Crippen LogP contribution in [0.4, 0.5) is 15.9 Å². The molecular formula is C22H24N6O5S. The number of fused-ring (bicyclic) bond motifs is 4. The summed E-state index contributed by atoms with van der Waals surface area (Å²) in [5, 5.41) is 15.7. The first-order valence-electron chi connectivity index (χ1n) is 11.2. The first kappa shape index (κ1) is 21.3. The molecule has 1 saturated heterocycles. The fourth-order valence-corrected chi connectivity index (χ4v) is 5.69. The molecule has 0 aromatic carbocycles. The van der Waals surface area contributed by atoms with Gasteiger partial charge in [0.2, 0.25) is 5.88 Å². The van der Waals surface area contributed by atoms with Crippen LogP contribution in [0.15, 0.2) is 28.8 Å². The standard InChI is InChI=1S/C22H24N6O5S/c1-31-18-4-2-3-14(25-18)17-8-23-22(33-17)28-12-7-15-19(16(28)10-32-9-12)34-21(26-15)27-20(30)24-11-5-13(29)6-11/h2-4,8,11-13,16,29H,5-7,9-10H2,1H3,(H2,24,26,27,30)/t11?,12-,13?,16-/m0/s1. The largest absolute Gasteiger partial charge is 0.481 e. The van der Waals surface area contributed by atoms with Crippen LogP contribution in [0.25, 0.3) is 11.5 Å². The van der Waals surface area contributed by atoms with Gasteiger partial charge in [-0.05, 0) is 18.9 Å². The van der Waals surface area contributed by atoms with E-state index in [4.69, 9.17) is 13.9 Å². The van der Waals surface area contributed by atoms with Gasteiger partial charge in [-0.25, -0.2) is 19.7 Å². The Morgan fingerprint density at radius 2 is 2.18 bits per heavy atom. The monoisotopic (exact) mass is 484 g/mol. The van der Waals surface area contributed by atoms with Gasteiger partial charge in [-0.1, -0.05) is 17.4 Å². The summed E-state index contributed by atoms with van der Waals surface area (Å²) in [5.41, 5.74) is 1.61. The Morgan fingerprint density at radius 3 is 3.00 bits per heavy atom. The van der Waals surface area contributed by atoms with Gasteiger partial charge < -0.3 is 29.2 Å². The van der Waals surface area contributed by atoms with Crippen molar-refractivity contribution in [3.63, 3.8) is 0 Å². The molecule has 0 radical (unpaired) electrons. The number of methoxy groups -OCH3 is 1. The fourth-order valence-electron chi connectivity index (χ4n) is 4.62. The summed E-state index contributed by atoms with van der Waals surface area (Å²) in [4.78, 5) is 29.1. The number of rotatable bonds is 5.